The fourth-order valence-corrected chi connectivity index (χ4v) is 2.81. The van der Waals surface area contributed by atoms with Gasteiger partial charge < -0.3 is 10.3 Å². The summed E-state index contributed by atoms with van der Waals surface area (Å²) in [5.74, 6) is 0.950. The van der Waals surface area contributed by atoms with Crippen LogP contribution in [0.15, 0.2) is 33.7 Å². The molecule has 0 aliphatic heterocycles. The van der Waals surface area contributed by atoms with Crippen LogP contribution in [-0.4, -0.2) is 36.5 Å². The van der Waals surface area contributed by atoms with Gasteiger partial charge in [-0.2, -0.15) is 4.98 Å². The van der Waals surface area contributed by atoms with Crippen molar-refractivity contribution in [2.24, 2.45) is 0 Å². The van der Waals surface area contributed by atoms with Gasteiger partial charge in [0.2, 0.25) is 15.9 Å². The van der Waals surface area contributed by atoms with Crippen LogP contribution in [0, 0.1) is 6.92 Å². The van der Waals surface area contributed by atoms with E-state index in [1.54, 1.807) is 19.1 Å². The summed E-state index contributed by atoms with van der Waals surface area (Å²) in [6.07, 6.45) is 0.391. The van der Waals surface area contributed by atoms with Gasteiger partial charge in [-0.3, -0.25) is 0 Å². The van der Waals surface area contributed by atoms with Crippen molar-refractivity contribution in [2.45, 2.75) is 18.2 Å². The van der Waals surface area contributed by atoms with Crippen LogP contribution in [0.3, 0.4) is 0 Å². The second-order valence-corrected chi connectivity index (χ2v) is 6.42. The number of hydrogen-bond donors (Lipinski definition) is 1. The summed E-state index contributed by atoms with van der Waals surface area (Å²) in [5.41, 5.74) is 6.07. The number of nitrogens with two attached hydrogens (primary N) is 1. The predicted octanol–water partition coefficient (Wildman–Crippen LogP) is 0.823. The van der Waals surface area contributed by atoms with Gasteiger partial charge in [-0.1, -0.05) is 5.16 Å². The maximum absolute atomic E-state index is 12.3. The lowest BCUT2D eigenvalue weighted by Gasteiger charge is -2.16. The van der Waals surface area contributed by atoms with Crippen molar-refractivity contribution in [2.75, 3.05) is 19.3 Å². The molecular weight excluding hydrogens is 280 g/mol. The topological polar surface area (TPSA) is 102 Å². The number of likely N-dealkylation sites (N-methyl/N-ethyl adjacent to an activating group) is 1. The van der Waals surface area contributed by atoms with Crippen LogP contribution in [0.25, 0.3) is 0 Å². The lowest BCUT2D eigenvalue weighted by Crippen LogP contribution is -2.29. The molecule has 2 aromatic rings. The first-order chi connectivity index (χ1) is 9.39. The Morgan fingerprint density at radius 1 is 1.30 bits per heavy atom. The van der Waals surface area contributed by atoms with E-state index >= 15 is 0 Å². The fraction of sp³-hybridized carbons (Fsp3) is 0.333. The van der Waals surface area contributed by atoms with Crippen molar-refractivity contribution in [1.82, 2.24) is 14.4 Å². The summed E-state index contributed by atoms with van der Waals surface area (Å²) in [5, 5.41) is 3.73. The maximum Gasteiger partial charge on any atom is 0.242 e. The SMILES string of the molecule is Cc1nc(CCN(C)S(=O)(=O)c2ccc(N)cc2)no1. The fourth-order valence-electron chi connectivity index (χ4n) is 1.64. The highest BCUT2D eigenvalue weighted by molar-refractivity contribution is 7.89. The summed E-state index contributed by atoms with van der Waals surface area (Å²) in [6.45, 7) is 1.96. The van der Waals surface area contributed by atoms with E-state index in [9.17, 15) is 8.42 Å². The van der Waals surface area contributed by atoms with E-state index in [1.807, 2.05) is 0 Å². The van der Waals surface area contributed by atoms with Gasteiger partial charge in [-0.25, -0.2) is 12.7 Å². The van der Waals surface area contributed by atoms with Crippen LogP contribution in [0.5, 0.6) is 0 Å². The lowest BCUT2D eigenvalue weighted by atomic mass is 10.3. The van der Waals surface area contributed by atoms with Gasteiger partial charge in [0, 0.05) is 32.6 Å². The first kappa shape index (κ1) is 14.5. The molecule has 0 aliphatic rings. The highest BCUT2D eigenvalue weighted by Gasteiger charge is 2.20. The second kappa shape index (κ2) is 5.59. The largest absolute Gasteiger partial charge is 0.399 e. The van der Waals surface area contributed by atoms with Gasteiger partial charge >= 0.3 is 0 Å². The van der Waals surface area contributed by atoms with E-state index in [1.165, 1.54) is 23.5 Å². The zero-order chi connectivity index (χ0) is 14.8. The number of aryl methyl sites for hydroxylation is 1. The Bertz CT molecular complexity index is 679. The molecule has 7 nitrogen and oxygen atoms in total. The van der Waals surface area contributed by atoms with Gasteiger partial charge in [0.15, 0.2) is 5.82 Å². The van der Waals surface area contributed by atoms with Crippen molar-refractivity contribution in [1.29, 1.82) is 0 Å². The van der Waals surface area contributed by atoms with Crippen LogP contribution in [0.1, 0.15) is 11.7 Å². The molecule has 0 radical (unpaired) electrons. The molecule has 2 rings (SSSR count). The Balaban J connectivity index is 2.07. The molecule has 0 unspecified atom stereocenters. The molecule has 0 aliphatic carbocycles. The number of hydrogen-bond acceptors (Lipinski definition) is 6. The van der Waals surface area contributed by atoms with Crippen molar-refractivity contribution >= 4 is 15.7 Å². The van der Waals surface area contributed by atoms with Crippen molar-refractivity contribution in [3.63, 3.8) is 0 Å². The number of anilines is 1. The molecule has 0 fully saturated rings. The number of nitrogen functional groups attached to an aromatic ring is 1. The number of rotatable bonds is 5. The molecular formula is C12H16N4O3S. The van der Waals surface area contributed by atoms with Crippen molar-refractivity contribution in [3.8, 4) is 0 Å². The maximum atomic E-state index is 12.3. The van der Waals surface area contributed by atoms with Gasteiger partial charge in [-0.15, -0.1) is 0 Å². The zero-order valence-corrected chi connectivity index (χ0v) is 12.1. The Labute approximate surface area is 117 Å². The minimum absolute atomic E-state index is 0.207. The molecule has 1 heterocycles. The van der Waals surface area contributed by atoms with E-state index in [0.717, 1.165) is 0 Å². The van der Waals surface area contributed by atoms with Crippen LogP contribution < -0.4 is 5.73 Å². The quantitative estimate of drug-likeness (QED) is 0.820. The van der Waals surface area contributed by atoms with E-state index < -0.39 is 10.0 Å². The first-order valence-electron chi connectivity index (χ1n) is 6.00. The Kier molecular flexibility index (Phi) is 4.05. The van der Waals surface area contributed by atoms with Gasteiger partial charge in [0.1, 0.15) is 0 Å². The molecule has 1 aromatic carbocycles. The molecule has 1 aromatic heterocycles. The average molecular weight is 296 g/mol. The Hall–Kier alpha value is -1.93. The standard InChI is InChI=1S/C12H16N4O3S/c1-9-14-12(15-19-9)7-8-16(2)20(17,18)11-5-3-10(13)4-6-11/h3-6H,7-8,13H2,1-2H3. The average Bonchev–Trinajstić information content (AvgIpc) is 2.82. The van der Waals surface area contributed by atoms with Crippen LogP contribution >= 0.6 is 0 Å². The second-order valence-electron chi connectivity index (χ2n) is 4.38. The molecule has 0 saturated carbocycles. The number of nitrogens with zero attached hydrogens (tertiary/aromatic N) is 3. The van der Waals surface area contributed by atoms with Crippen molar-refractivity contribution in [3.05, 3.63) is 36.0 Å². The zero-order valence-electron chi connectivity index (χ0n) is 11.3. The number of sulfonamides is 1. The summed E-state index contributed by atoms with van der Waals surface area (Å²) in [4.78, 5) is 4.24. The molecule has 0 spiro atoms. The van der Waals surface area contributed by atoms with Crippen LogP contribution in [0.2, 0.25) is 0 Å². The molecule has 8 heteroatoms. The number of aromatic nitrogens is 2. The summed E-state index contributed by atoms with van der Waals surface area (Å²) in [7, 11) is -2.01. The summed E-state index contributed by atoms with van der Waals surface area (Å²) >= 11 is 0. The third-order valence-corrected chi connectivity index (χ3v) is 4.68. The predicted molar refractivity (Wildman–Crippen MR) is 73.4 cm³/mol. The molecule has 0 amide bonds. The molecule has 0 bridgehead atoms. The third kappa shape index (κ3) is 3.14. The lowest BCUT2D eigenvalue weighted by molar-refractivity contribution is 0.384. The Morgan fingerprint density at radius 2 is 1.95 bits per heavy atom. The van der Waals surface area contributed by atoms with Gasteiger partial charge in [0.05, 0.1) is 4.90 Å². The first-order valence-corrected chi connectivity index (χ1v) is 7.44. The highest BCUT2D eigenvalue weighted by atomic mass is 32.2. The Morgan fingerprint density at radius 3 is 2.50 bits per heavy atom. The van der Waals surface area contributed by atoms with Crippen LogP contribution in [-0.2, 0) is 16.4 Å². The van der Waals surface area contributed by atoms with Gasteiger partial charge in [0.25, 0.3) is 0 Å². The van der Waals surface area contributed by atoms with E-state index in [0.29, 0.717) is 23.8 Å². The normalized spacial score (nSPS) is 11.9. The van der Waals surface area contributed by atoms with E-state index in [4.69, 9.17) is 10.3 Å². The van der Waals surface area contributed by atoms with Gasteiger partial charge in [-0.05, 0) is 24.3 Å². The van der Waals surface area contributed by atoms with Crippen LogP contribution in [0.4, 0.5) is 5.69 Å². The molecule has 20 heavy (non-hydrogen) atoms. The minimum atomic E-state index is -3.53. The summed E-state index contributed by atoms with van der Waals surface area (Å²) in [6, 6.07) is 6.09. The monoisotopic (exact) mass is 296 g/mol. The summed E-state index contributed by atoms with van der Waals surface area (Å²) < 4.78 is 30.7. The third-order valence-electron chi connectivity index (χ3n) is 2.81. The highest BCUT2D eigenvalue weighted by Crippen LogP contribution is 2.16. The van der Waals surface area contributed by atoms with Crippen molar-refractivity contribution < 1.29 is 12.9 Å². The minimum Gasteiger partial charge on any atom is -0.399 e. The van der Waals surface area contributed by atoms with E-state index in [-0.39, 0.29) is 11.4 Å². The number of benzene rings is 1. The van der Waals surface area contributed by atoms with E-state index in [2.05, 4.69) is 10.1 Å². The molecule has 0 atom stereocenters. The smallest absolute Gasteiger partial charge is 0.242 e. The molecule has 2 N–H and O–H groups in total. The molecule has 0 saturated heterocycles. The molecule has 108 valence electrons.